The monoisotopic (exact) mass is 1000 g/mol. The summed E-state index contributed by atoms with van der Waals surface area (Å²) in [6.07, 6.45) is 3.50. The van der Waals surface area contributed by atoms with Gasteiger partial charge in [-0.05, 0) is 177 Å². The van der Waals surface area contributed by atoms with E-state index in [1.165, 1.54) is 24.3 Å². The van der Waals surface area contributed by atoms with Gasteiger partial charge in [0.05, 0.1) is 31.9 Å². The lowest BCUT2D eigenvalue weighted by Gasteiger charge is -2.43. The zero-order chi connectivity index (χ0) is 53.3. The lowest BCUT2D eigenvalue weighted by molar-refractivity contribution is -0.119. The van der Waals surface area contributed by atoms with Crippen LogP contribution in [-0.2, 0) is 9.59 Å². The van der Waals surface area contributed by atoms with Crippen LogP contribution in [0.5, 0.6) is 23.0 Å². The number of halogens is 2. The van der Waals surface area contributed by atoms with Crippen LogP contribution in [0.1, 0.15) is 82.9 Å². The minimum Gasteiger partial charge on any atom is -0.508 e. The van der Waals surface area contributed by atoms with E-state index in [1.807, 2.05) is 127 Å². The van der Waals surface area contributed by atoms with E-state index in [1.54, 1.807) is 60.7 Å². The lowest BCUT2D eigenvalue weighted by Crippen LogP contribution is -2.48. The molecule has 0 saturated carbocycles. The number of pyridine rings is 1. The number of carbonyl (C=O) groups is 4. The zero-order valence-corrected chi connectivity index (χ0v) is 43.0. The van der Waals surface area contributed by atoms with Crippen molar-refractivity contribution in [3.63, 3.8) is 0 Å². The number of ether oxygens (including phenoxy) is 3. The first-order valence-corrected chi connectivity index (χ1v) is 23.5. The number of hydrogen-bond acceptors (Lipinski definition) is 9. The molecule has 0 unspecified atom stereocenters. The molecule has 374 valence electrons. The van der Waals surface area contributed by atoms with Crippen LogP contribution in [-0.4, -0.2) is 47.3 Å². The van der Waals surface area contributed by atoms with Gasteiger partial charge in [0.1, 0.15) is 28.8 Å². The van der Waals surface area contributed by atoms with E-state index >= 15 is 0 Å². The van der Waals surface area contributed by atoms with Crippen molar-refractivity contribution < 1.29 is 42.9 Å². The molecule has 2 aliphatic heterocycles. The van der Waals surface area contributed by atoms with E-state index in [4.69, 9.17) is 25.8 Å². The smallest absolute Gasteiger partial charge is 0.343 e. The molecular weight excluding hydrogens is 945 g/mol. The molecule has 13 heteroatoms. The van der Waals surface area contributed by atoms with Gasteiger partial charge >= 0.3 is 5.97 Å². The molecule has 73 heavy (non-hydrogen) atoms. The number of amides is 2. The number of methoxy groups -OCH3 is 2. The van der Waals surface area contributed by atoms with Crippen LogP contribution in [0.3, 0.4) is 0 Å². The summed E-state index contributed by atoms with van der Waals surface area (Å²) in [7, 11) is 3.22. The lowest BCUT2D eigenvalue weighted by atomic mass is 9.87. The summed E-state index contributed by atoms with van der Waals surface area (Å²) in [5.41, 5.74) is 11.7. The number of aromatic hydroxyl groups is 1. The van der Waals surface area contributed by atoms with Crippen molar-refractivity contribution in [2.45, 2.75) is 60.5 Å². The standard InChI is InChI=1S/C27H24FNO4.C20H21NO3.C8H7ClO.C5H5N/c1-15-6-7-20(13-23(15)33-27(31)19-8-10-21(28)11-9-19)25-18(4)26(30)29(25)22-12-16(2)17(3)24(14-22)32-5;1-11-6-7-15(9-17(11)22)19-14(4)20(23)21(19)16-8-12(2)13(3)18(10-16)24-5;1-6-2-4-7(5-3-6)8(9)10;1-2-4-6-5-3-1/h6-14,25H,4H2,1-3,5H3;6-10,19,22H,4H2,1-3,5H3;2-5H,1H3;1-5H/t25-;19-;;/m11../s1. The summed E-state index contributed by atoms with van der Waals surface area (Å²) in [6.45, 7) is 21.4. The maximum absolute atomic E-state index is 13.2. The quantitative estimate of drug-likeness (QED) is 0.0493. The highest BCUT2D eigenvalue weighted by atomic mass is 35.5. The number of carbonyl (C=O) groups excluding carboxylic acids is 4. The number of nitrogens with zero attached hydrogens (tertiary/aromatic N) is 3. The van der Waals surface area contributed by atoms with Crippen LogP contribution in [0, 0.1) is 54.3 Å². The van der Waals surface area contributed by atoms with Gasteiger partial charge in [0.2, 0.25) is 0 Å². The number of β-lactam (4-membered cyclic amide) rings is 2. The fraction of sp³-hybridized carbons (Fsp3) is 0.183. The summed E-state index contributed by atoms with van der Waals surface area (Å²) in [5.74, 6) is 0.744. The van der Waals surface area contributed by atoms with Crippen molar-refractivity contribution in [1.29, 1.82) is 0 Å². The summed E-state index contributed by atoms with van der Waals surface area (Å²) in [4.78, 5) is 55.4. The summed E-state index contributed by atoms with van der Waals surface area (Å²) >= 11 is 5.22. The average Bonchev–Trinajstić information content (AvgIpc) is 3.39. The van der Waals surface area contributed by atoms with E-state index in [2.05, 4.69) is 18.1 Å². The molecule has 7 aromatic rings. The number of phenolic OH excluding ortho intramolecular Hbond substituents is 1. The highest BCUT2D eigenvalue weighted by Crippen LogP contribution is 2.46. The third-order valence-electron chi connectivity index (χ3n) is 12.6. The van der Waals surface area contributed by atoms with Gasteiger partial charge in [-0.3, -0.25) is 29.2 Å². The molecule has 2 atom stereocenters. The maximum atomic E-state index is 13.2. The second kappa shape index (κ2) is 23.7. The third-order valence-corrected chi connectivity index (χ3v) is 12.8. The topological polar surface area (TPSA) is 136 Å². The van der Waals surface area contributed by atoms with Gasteiger partial charge in [-0.2, -0.15) is 0 Å². The maximum Gasteiger partial charge on any atom is 0.343 e. The minimum absolute atomic E-state index is 0.106. The summed E-state index contributed by atoms with van der Waals surface area (Å²) in [5, 5.41) is 9.58. The number of aryl methyl sites for hydroxylation is 5. The molecule has 2 amide bonds. The first kappa shape index (κ1) is 54.0. The molecular formula is C60H57ClFN3O8. The first-order chi connectivity index (χ1) is 34.7. The van der Waals surface area contributed by atoms with Gasteiger partial charge in [0.15, 0.2) is 0 Å². The van der Waals surface area contributed by atoms with Crippen molar-refractivity contribution in [3.05, 3.63) is 231 Å². The molecule has 2 fully saturated rings. The molecule has 9 rings (SSSR count). The second-order valence-electron chi connectivity index (χ2n) is 17.5. The van der Waals surface area contributed by atoms with Crippen molar-refractivity contribution in [3.8, 4) is 23.0 Å². The number of phenols is 1. The van der Waals surface area contributed by atoms with Crippen LogP contribution < -0.4 is 24.0 Å². The Morgan fingerprint density at radius 1 is 0.589 bits per heavy atom. The van der Waals surface area contributed by atoms with Crippen molar-refractivity contribution in [1.82, 2.24) is 4.98 Å². The molecule has 6 aromatic carbocycles. The molecule has 1 N–H and O–H groups in total. The van der Waals surface area contributed by atoms with Crippen LogP contribution >= 0.6 is 11.6 Å². The number of aromatic nitrogens is 1. The Morgan fingerprint density at radius 2 is 1.05 bits per heavy atom. The molecule has 2 saturated heterocycles. The van der Waals surface area contributed by atoms with E-state index < -0.39 is 23.1 Å². The van der Waals surface area contributed by atoms with Crippen LogP contribution in [0.25, 0.3) is 0 Å². The molecule has 0 bridgehead atoms. The van der Waals surface area contributed by atoms with Gasteiger partial charge in [-0.1, -0.05) is 61.2 Å². The normalized spacial score (nSPS) is 14.5. The largest absolute Gasteiger partial charge is 0.508 e. The molecule has 1 aromatic heterocycles. The Morgan fingerprint density at radius 3 is 1.48 bits per heavy atom. The van der Waals surface area contributed by atoms with Gasteiger partial charge in [-0.15, -0.1) is 0 Å². The van der Waals surface area contributed by atoms with Crippen molar-refractivity contribution in [2.24, 2.45) is 0 Å². The number of anilines is 2. The number of esters is 1. The predicted octanol–water partition coefficient (Wildman–Crippen LogP) is 13.0. The Bertz CT molecular complexity index is 3190. The number of hydrogen-bond donors (Lipinski definition) is 1. The first-order valence-electron chi connectivity index (χ1n) is 23.1. The molecule has 11 nitrogen and oxygen atoms in total. The summed E-state index contributed by atoms with van der Waals surface area (Å²) < 4.78 is 29.7. The Labute approximate surface area is 430 Å². The van der Waals surface area contributed by atoms with Gasteiger partial charge < -0.3 is 19.3 Å². The molecule has 0 aliphatic carbocycles. The van der Waals surface area contributed by atoms with Crippen molar-refractivity contribution in [2.75, 3.05) is 24.0 Å². The molecule has 2 aliphatic rings. The fourth-order valence-electron chi connectivity index (χ4n) is 7.95. The van der Waals surface area contributed by atoms with E-state index in [0.717, 1.165) is 61.5 Å². The zero-order valence-electron chi connectivity index (χ0n) is 42.3. The van der Waals surface area contributed by atoms with Gasteiger partial charge in [0.25, 0.3) is 17.1 Å². The Kier molecular flexibility index (Phi) is 17.5. The van der Waals surface area contributed by atoms with Crippen LogP contribution in [0.2, 0.25) is 0 Å². The molecule has 0 spiro atoms. The van der Waals surface area contributed by atoms with Crippen molar-refractivity contribution >= 4 is 46.0 Å². The Hall–Kier alpha value is -8.35. The third kappa shape index (κ3) is 12.4. The molecule has 3 heterocycles. The Balaban J connectivity index is 0.000000187. The fourth-order valence-corrected chi connectivity index (χ4v) is 8.07. The second-order valence-corrected chi connectivity index (χ2v) is 17.9. The van der Waals surface area contributed by atoms with Gasteiger partial charge in [0, 0.05) is 52.6 Å². The van der Waals surface area contributed by atoms with E-state index in [9.17, 15) is 28.7 Å². The molecule has 0 radical (unpaired) electrons. The highest BCUT2D eigenvalue weighted by Gasteiger charge is 2.44. The van der Waals surface area contributed by atoms with Crippen LogP contribution in [0.4, 0.5) is 15.8 Å². The highest BCUT2D eigenvalue weighted by molar-refractivity contribution is 6.67. The van der Waals surface area contributed by atoms with E-state index in [-0.39, 0.29) is 29.2 Å². The SMILES string of the molecule is C=C1C(=O)N(c2cc(C)c(C)c(OC)c2)[C@H]1c1ccc(C)c(O)c1.C=C1C(=O)N(c2cc(C)c(C)c(OC)c2)[C@H]1c1ccc(C)c(OC(=O)c2ccc(F)cc2)c1.Cc1ccc(C(=O)Cl)cc1.c1ccncc1. The average molecular weight is 1000 g/mol. The van der Waals surface area contributed by atoms with Crippen LogP contribution in [0.15, 0.2) is 164 Å². The van der Waals surface area contributed by atoms with Gasteiger partial charge in [-0.25, -0.2) is 9.18 Å². The predicted molar refractivity (Wildman–Crippen MR) is 285 cm³/mol. The van der Waals surface area contributed by atoms with E-state index in [0.29, 0.717) is 33.9 Å². The minimum atomic E-state index is -0.588. The number of benzene rings is 6. The summed E-state index contributed by atoms with van der Waals surface area (Å²) in [6, 6.07) is 35.9. The number of rotatable bonds is 9.